The number of nitrogens with one attached hydrogen (secondary N) is 1. The monoisotopic (exact) mass is 619 g/mol. The molecule has 0 unspecified atom stereocenters. The molecule has 0 aliphatic heterocycles. The predicted octanol–water partition coefficient (Wildman–Crippen LogP) is 5.03. The highest BCUT2D eigenvalue weighted by Gasteiger charge is 2.33. The maximum absolute atomic E-state index is 14.0. The number of sulfonamides is 1. The van der Waals surface area contributed by atoms with E-state index in [9.17, 15) is 18.0 Å². The van der Waals surface area contributed by atoms with Crippen LogP contribution in [0.2, 0.25) is 5.02 Å². The molecular formula is C28H31BrClN3O4S. The van der Waals surface area contributed by atoms with Crippen molar-refractivity contribution >= 4 is 55.1 Å². The van der Waals surface area contributed by atoms with E-state index in [0.717, 1.165) is 26.2 Å². The molecule has 3 aromatic rings. The Hall–Kier alpha value is -2.88. The van der Waals surface area contributed by atoms with Crippen LogP contribution in [0.25, 0.3) is 0 Å². The van der Waals surface area contributed by atoms with Crippen LogP contribution in [-0.4, -0.2) is 50.0 Å². The van der Waals surface area contributed by atoms with Gasteiger partial charge in [0.1, 0.15) is 12.6 Å². The molecule has 0 aromatic heterocycles. The van der Waals surface area contributed by atoms with Crippen LogP contribution in [0.4, 0.5) is 5.69 Å². The van der Waals surface area contributed by atoms with Gasteiger partial charge >= 0.3 is 0 Å². The number of halogens is 2. The summed E-state index contributed by atoms with van der Waals surface area (Å²) in [6.07, 6.45) is 1.30. The Labute approximate surface area is 238 Å². The maximum atomic E-state index is 14.0. The normalized spacial score (nSPS) is 12.2. The first kappa shape index (κ1) is 29.7. The van der Waals surface area contributed by atoms with Crippen molar-refractivity contribution in [1.29, 1.82) is 0 Å². The Balaban J connectivity index is 2.05. The predicted molar refractivity (Wildman–Crippen MR) is 156 cm³/mol. The number of carbonyl (C=O) groups excluding carboxylic acids is 2. The van der Waals surface area contributed by atoms with Gasteiger partial charge in [0.15, 0.2) is 0 Å². The molecule has 2 amide bonds. The van der Waals surface area contributed by atoms with Crippen LogP contribution in [0.5, 0.6) is 0 Å². The summed E-state index contributed by atoms with van der Waals surface area (Å²) in [5, 5.41) is 3.37. The molecule has 202 valence electrons. The highest BCUT2D eigenvalue weighted by molar-refractivity contribution is 9.10. The third-order valence-corrected chi connectivity index (χ3v) is 7.62. The fourth-order valence-corrected chi connectivity index (χ4v) is 5.41. The van der Waals surface area contributed by atoms with Crippen molar-refractivity contribution in [1.82, 2.24) is 10.2 Å². The smallest absolute Gasteiger partial charge is 0.244 e. The van der Waals surface area contributed by atoms with Gasteiger partial charge in [-0.1, -0.05) is 70.0 Å². The molecule has 3 rings (SSSR count). The van der Waals surface area contributed by atoms with Gasteiger partial charge in [0.25, 0.3) is 0 Å². The van der Waals surface area contributed by atoms with Crippen LogP contribution in [0, 0.1) is 0 Å². The van der Waals surface area contributed by atoms with E-state index in [1.54, 1.807) is 24.3 Å². The Bertz CT molecular complexity index is 1350. The highest BCUT2D eigenvalue weighted by Crippen LogP contribution is 2.23. The second-order valence-corrected chi connectivity index (χ2v) is 12.5. The van der Waals surface area contributed by atoms with Crippen molar-refractivity contribution in [2.45, 2.75) is 38.9 Å². The Kier molecular flexibility index (Phi) is 10.4. The van der Waals surface area contributed by atoms with E-state index in [-0.39, 0.29) is 24.9 Å². The summed E-state index contributed by atoms with van der Waals surface area (Å²) in [4.78, 5) is 28.9. The third kappa shape index (κ3) is 8.58. The molecule has 10 heteroatoms. The molecular weight excluding hydrogens is 590 g/mol. The van der Waals surface area contributed by atoms with Crippen molar-refractivity contribution in [3.8, 4) is 0 Å². The lowest BCUT2D eigenvalue weighted by atomic mass is 10.0. The van der Waals surface area contributed by atoms with Gasteiger partial charge in [-0.05, 0) is 61.4 Å². The van der Waals surface area contributed by atoms with Gasteiger partial charge in [0.05, 0.1) is 11.9 Å². The van der Waals surface area contributed by atoms with E-state index in [1.165, 1.54) is 4.90 Å². The first-order valence-corrected chi connectivity index (χ1v) is 15.1. The Morgan fingerprint density at radius 2 is 1.58 bits per heavy atom. The largest absolute Gasteiger partial charge is 0.352 e. The molecule has 0 saturated heterocycles. The summed E-state index contributed by atoms with van der Waals surface area (Å²) < 4.78 is 27.4. The number of hydrogen-bond acceptors (Lipinski definition) is 4. The number of amides is 2. The number of carbonyl (C=O) groups is 2. The number of hydrogen-bond donors (Lipinski definition) is 1. The second-order valence-electron chi connectivity index (χ2n) is 9.27. The van der Waals surface area contributed by atoms with E-state index in [1.807, 2.05) is 68.4 Å². The van der Waals surface area contributed by atoms with E-state index in [0.29, 0.717) is 10.7 Å². The minimum absolute atomic E-state index is 0.111. The minimum atomic E-state index is -3.83. The Morgan fingerprint density at radius 3 is 2.16 bits per heavy atom. The molecule has 38 heavy (non-hydrogen) atoms. The zero-order valence-electron chi connectivity index (χ0n) is 21.5. The van der Waals surface area contributed by atoms with Crippen LogP contribution in [0.15, 0.2) is 83.3 Å². The highest BCUT2D eigenvalue weighted by atomic mass is 79.9. The second kappa shape index (κ2) is 13.3. The van der Waals surface area contributed by atoms with Gasteiger partial charge < -0.3 is 10.2 Å². The van der Waals surface area contributed by atoms with Crippen molar-refractivity contribution in [3.05, 3.63) is 99.5 Å². The summed E-state index contributed by atoms with van der Waals surface area (Å²) in [7, 11) is -3.83. The summed E-state index contributed by atoms with van der Waals surface area (Å²) in [6, 6.07) is 22.1. The molecule has 0 saturated carbocycles. The van der Waals surface area contributed by atoms with E-state index < -0.39 is 28.5 Å². The summed E-state index contributed by atoms with van der Waals surface area (Å²) in [5.74, 6) is -0.824. The van der Waals surface area contributed by atoms with Gasteiger partial charge in [0.2, 0.25) is 21.8 Å². The van der Waals surface area contributed by atoms with Crippen molar-refractivity contribution in [2.75, 3.05) is 17.1 Å². The first-order chi connectivity index (χ1) is 17.9. The molecule has 0 bridgehead atoms. The lowest BCUT2D eigenvalue weighted by Gasteiger charge is -2.34. The van der Waals surface area contributed by atoms with Gasteiger partial charge in [-0.2, -0.15) is 0 Å². The van der Waals surface area contributed by atoms with Crippen LogP contribution in [0.1, 0.15) is 25.0 Å². The summed E-state index contributed by atoms with van der Waals surface area (Å²) in [6.45, 7) is 3.34. The van der Waals surface area contributed by atoms with Gasteiger partial charge in [-0.25, -0.2) is 8.42 Å². The topological polar surface area (TPSA) is 86.8 Å². The molecule has 0 fully saturated rings. The van der Waals surface area contributed by atoms with Gasteiger partial charge in [0, 0.05) is 28.5 Å². The van der Waals surface area contributed by atoms with Gasteiger partial charge in [-0.15, -0.1) is 0 Å². The van der Waals surface area contributed by atoms with Crippen LogP contribution in [0.3, 0.4) is 0 Å². The number of nitrogens with zero attached hydrogens (tertiary/aromatic N) is 2. The van der Waals surface area contributed by atoms with Crippen LogP contribution in [-0.2, 0) is 32.6 Å². The van der Waals surface area contributed by atoms with Crippen LogP contribution >= 0.6 is 27.5 Å². The first-order valence-electron chi connectivity index (χ1n) is 12.1. The average molecular weight is 621 g/mol. The van der Waals surface area contributed by atoms with Gasteiger partial charge in [-0.3, -0.25) is 13.9 Å². The van der Waals surface area contributed by atoms with Crippen molar-refractivity contribution in [3.63, 3.8) is 0 Å². The lowest BCUT2D eigenvalue weighted by Crippen LogP contribution is -2.54. The molecule has 1 N–H and O–H groups in total. The van der Waals surface area contributed by atoms with E-state index in [4.69, 9.17) is 11.6 Å². The quantitative estimate of drug-likeness (QED) is 0.326. The van der Waals surface area contributed by atoms with Crippen molar-refractivity contribution in [2.24, 2.45) is 0 Å². The molecule has 0 heterocycles. The molecule has 0 aliphatic carbocycles. The fourth-order valence-electron chi connectivity index (χ4n) is 3.99. The zero-order valence-corrected chi connectivity index (χ0v) is 24.6. The number of benzene rings is 3. The number of anilines is 1. The molecule has 7 nitrogen and oxygen atoms in total. The maximum Gasteiger partial charge on any atom is 0.244 e. The average Bonchev–Trinajstić information content (AvgIpc) is 2.85. The van der Waals surface area contributed by atoms with E-state index >= 15 is 0 Å². The third-order valence-electron chi connectivity index (χ3n) is 5.74. The minimum Gasteiger partial charge on any atom is -0.352 e. The molecule has 0 aliphatic rings. The van der Waals surface area contributed by atoms with Crippen molar-refractivity contribution < 1.29 is 18.0 Å². The SMILES string of the molecule is CC(C)NC(=O)[C@H](Cc1ccccc1)N(Cc1cccc(Br)c1)C(=O)CN(c1ccc(Cl)cc1)S(C)(=O)=O. The number of rotatable bonds is 11. The summed E-state index contributed by atoms with van der Waals surface area (Å²) in [5.41, 5.74) is 1.97. The lowest BCUT2D eigenvalue weighted by molar-refractivity contribution is -0.140. The van der Waals surface area contributed by atoms with Crippen LogP contribution < -0.4 is 9.62 Å². The molecule has 0 spiro atoms. The zero-order chi connectivity index (χ0) is 27.9. The molecule has 3 aromatic carbocycles. The standard InChI is InChI=1S/C28H31BrClN3O4S/c1-20(2)31-28(35)26(17-21-8-5-4-6-9-21)32(18-22-10-7-11-23(29)16-22)27(34)19-33(38(3,36)37)25-14-12-24(30)13-15-25/h4-16,20,26H,17-19H2,1-3H3,(H,31,35)/t26-/m0/s1. The molecule has 0 radical (unpaired) electrons. The van der Waals surface area contributed by atoms with E-state index in [2.05, 4.69) is 21.2 Å². The Morgan fingerprint density at radius 1 is 0.947 bits per heavy atom. The summed E-state index contributed by atoms with van der Waals surface area (Å²) >= 11 is 9.46. The molecule has 1 atom stereocenters. The fraction of sp³-hybridized carbons (Fsp3) is 0.286.